The van der Waals surface area contributed by atoms with Gasteiger partial charge in [0.1, 0.15) is 0 Å². The zero-order valence-electron chi connectivity index (χ0n) is 6.96. The third-order valence-electron chi connectivity index (χ3n) is 0.914. The molecule has 2 nitrogen and oxygen atoms in total. The van der Waals surface area contributed by atoms with Crippen LogP contribution >= 0.6 is 24.8 Å². The Bertz CT molecular complexity index is 132. The van der Waals surface area contributed by atoms with Gasteiger partial charge in [-0.1, -0.05) is 19.1 Å². The Morgan fingerprint density at radius 3 is 2.18 bits per heavy atom. The molecule has 0 aromatic rings. The number of hydrogen-bond acceptors (Lipinski definition) is 1. The largest absolute Gasteiger partial charge is 0.387 e. The minimum atomic E-state index is 0. The highest BCUT2D eigenvalue weighted by Crippen LogP contribution is 1.87. The molecule has 0 rings (SSSR count). The topological polar surface area (TPSA) is 38.4 Å². The van der Waals surface area contributed by atoms with Gasteiger partial charge in [0.2, 0.25) is 0 Å². The van der Waals surface area contributed by atoms with Crippen molar-refractivity contribution >= 4 is 30.6 Å². The van der Waals surface area contributed by atoms with E-state index in [4.69, 9.17) is 5.73 Å². The van der Waals surface area contributed by atoms with Crippen LogP contribution in [0.25, 0.3) is 0 Å². The summed E-state index contributed by atoms with van der Waals surface area (Å²) in [6.45, 7) is 8.29. The summed E-state index contributed by atoms with van der Waals surface area (Å²) in [5.74, 6) is 0.706. The van der Waals surface area contributed by atoms with Crippen molar-refractivity contribution in [1.29, 1.82) is 0 Å². The van der Waals surface area contributed by atoms with Crippen molar-refractivity contribution in [2.75, 3.05) is 6.54 Å². The van der Waals surface area contributed by atoms with Crippen molar-refractivity contribution in [2.24, 2.45) is 10.7 Å². The fourth-order valence-electron chi connectivity index (χ4n) is 0.348. The summed E-state index contributed by atoms with van der Waals surface area (Å²) in [5.41, 5.74) is 6.48. The molecule has 0 fully saturated rings. The van der Waals surface area contributed by atoms with Crippen LogP contribution in [-0.2, 0) is 0 Å². The molecular weight excluding hydrogens is 183 g/mol. The number of amidine groups is 1. The molecule has 0 saturated carbocycles. The Labute approximate surface area is 80.8 Å². The molecule has 11 heavy (non-hydrogen) atoms. The molecule has 0 saturated heterocycles. The van der Waals surface area contributed by atoms with E-state index >= 15 is 0 Å². The normalized spacial score (nSPS) is 9.45. The van der Waals surface area contributed by atoms with Crippen molar-refractivity contribution in [3.05, 3.63) is 12.2 Å². The Morgan fingerprint density at radius 1 is 1.45 bits per heavy atom. The maximum atomic E-state index is 5.43. The Kier molecular flexibility index (Phi) is 15.2. The molecule has 2 N–H and O–H groups in total. The van der Waals surface area contributed by atoms with E-state index in [2.05, 4.69) is 11.6 Å². The molecule has 0 radical (unpaired) electrons. The second-order valence-electron chi connectivity index (χ2n) is 2.12. The van der Waals surface area contributed by atoms with E-state index in [-0.39, 0.29) is 24.8 Å². The van der Waals surface area contributed by atoms with Crippen molar-refractivity contribution in [1.82, 2.24) is 0 Å². The number of rotatable bonds is 3. The van der Waals surface area contributed by atoms with E-state index in [0.717, 1.165) is 12.0 Å². The number of nitrogens with two attached hydrogens (primary N) is 1. The van der Waals surface area contributed by atoms with Crippen LogP contribution in [0.4, 0.5) is 0 Å². The molecule has 0 aliphatic heterocycles. The zero-order valence-corrected chi connectivity index (χ0v) is 8.60. The van der Waals surface area contributed by atoms with Crippen molar-refractivity contribution in [3.63, 3.8) is 0 Å². The van der Waals surface area contributed by atoms with Crippen LogP contribution in [0.1, 0.15) is 20.3 Å². The Hall–Kier alpha value is -0.210. The van der Waals surface area contributed by atoms with Crippen LogP contribution in [0.5, 0.6) is 0 Å². The minimum Gasteiger partial charge on any atom is -0.387 e. The zero-order chi connectivity index (χ0) is 7.28. The minimum absolute atomic E-state index is 0. The van der Waals surface area contributed by atoms with Gasteiger partial charge in [0.25, 0.3) is 0 Å². The Morgan fingerprint density at radius 2 is 1.91 bits per heavy atom. The molecule has 0 bridgehead atoms. The van der Waals surface area contributed by atoms with E-state index in [0.29, 0.717) is 12.4 Å². The first-order valence-corrected chi connectivity index (χ1v) is 3.10. The van der Waals surface area contributed by atoms with Crippen molar-refractivity contribution < 1.29 is 0 Å². The summed E-state index contributed by atoms with van der Waals surface area (Å²) >= 11 is 0. The number of nitrogens with zero attached hydrogens (tertiary/aromatic N) is 1. The van der Waals surface area contributed by atoms with E-state index < -0.39 is 0 Å². The molecule has 0 amide bonds. The molecule has 4 heteroatoms. The highest BCUT2D eigenvalue weighted by atomic mass is 35.5. The lowest BCUT2D eigenvalue weighted by atomic mass is 10.3. The lowest BCUT2D eigenvalue weighted by Gasteiger charge is -1.94. The highest BCUT2D eigenvalue weighted by Gasteiger charge is 1.84. The lowest BCUT2D eigenvalue weighted by Crippen LogP contribution is -2.10. The van der Waals surface area contributed by atoms with Gasteiger partial charge in [0, 0.05) is 6.42 Å². The smallest absolute Gasteiger partial charge is 0.0938 e. The summed E-state index contributed by atoms with van der Waals surface area (Å²) in [6.07, 6.45) is 0.827. The maximum Gasteiger partial charge on any atom is 0.0938 e. The third kappa shape index (κ3) is 12.9. The van der Waals surface area contributed by atoms with Crippen LogP contribution in [0.2, 0.25) is 0 Å². The summed E-state index contributed by atoms with van der Waals surface area (Å²) in [5, 5.41) is 0. The molecule has 0 aliphatic rings. The molecular formula is C7H16Cl2N2. The maximum absolute atomic E-state index is 5.43. The molecule has 0 aromatic heterocycles. The molecule has 0 heterocycles. The van der Waals surface area contributed by atoms with Crippen LogP contribution in [0, 0.1) is 0 Å². The Balaban J connectivity index is -0.000000320. The van der Waals surface area contributed by atoms with Crippen LogP contribution in [0.15, 0.2) is 17.1 Å². The quantitative estimate of drug-likeness (QED) is 0.422. The SMILES string of the molecule is C=C(C)CN=C(N)CC.Cl.Cl. The first-order chi connectivity index (χ1) is 4.16. The predicted molar refractivity (Wildman–Crippen MR) is 56.1 cm³/mol. The second kappa shape index (κ2) is 9.79. The van der Waals surface area contributed by atoms with Crippen molar-refractivity contribution in [3.8, 4) is 0 Å². The van der Waals surface area contributed by atoms with Gasteiger partial charge in [0.15, 0.2) is 0 Å². The van der Waals surface area contributed by atoms with Gasteiger partial charge in [-0.05, 0) is 6.92 Å². The van der Waals surface area contributed by atoms with Gasteiger partial charge >= 0.3 is 0 Å². The summed E-state index contributed by atoms with van der Waals surface area (Å²) in [4.78, 5) is 4.04. The highest BCUT2D eigenvalue weighted by molar-refractivity contribution is 5.85. The van der Waals surface area contributed by atoms with E-state index in [1.54, 1.807) is 0 Å². The molecule has 0 atom stereocenters. The second-order valence-corrected chi connectivity index (χ2v) is 2.12. The van der Waals surface area contributed by atoms with Crippen LogP contribution in [0.3, 0.4) is 0 Å². The molecule has 0 spiro atoms. The van der Waals surface area contributed by atoms with Crippen LogP contribution in [-0.4, -0.2) is 12.4 Å². The number of halogens is 2. The van der Waals surface area contributed by atoms with Gasteiger partial charge < -0.3 is 5.73 Å². The van der Waals surface area contributed by atoms with E-state index in [9.17, 15) is 0 Å². The van der Waals surface area contributed by atoms with Crippen molar-refractivity contribution in [2.45, 2.75) is 20.3 Å². The first kappa shape index (κ1) is 17.0. The first-order valence-electron chi connectivity index (χ1n) is 3.10. The van der Waals surface area contributed by atoms with E-state index in [1.807, 2.05) is 13.8 Å². The summed E-state index contributed by atoms with van der Waals surface area (Å²) in [6, 6.07) is 0. The summed E-state index contributed by atoms with van der Waals surface area (Å²) in [7, 11) is 0. The number of hydrogen-bond donors (Lipinski definition) is 1. The van der Waals surface area contributed by atoms with Crippen LogP contribution < -0.4 is 5.73 Å². The van der Waals surface area contributed by atoms with Gasteiger partial charge in [0.05, 0.1) is 12.4 Å². The molecule has 0 aliphatic carbocycles. The molecule has 0 unspecified atom stereocenters. The van der Waals surface area contributed by atoms with E-state index in [1.165, 1.54) is 0 Å². The standard InChI is InChI=1S/C7H14N2.2ClH/c1-4-7(8)9-5-6(2)3;;/h2,4-5H2,1,3H3,(H2,8,9);2*1H. The van der Waals surface area contributed by atoms with Gasteiger partial charge in [-0.25, -0.2) is 0 Å². The average Bonchev–Trinajstić information content (AvgIpc) is 1.83. The van der Waals surface area contributed by atoms with Gasteiger partial charge in [-0.3, -0.25) is 4.99 Å². The van der Waals surface area contributed by atoms with Gasteiger partial charge in [-0.15, -0.1) is 24.8 Å². The molecule has 68 valence electrons. The third-order valence-corrected chi connectivity index (χ3v) is 0.914. The fourth-order valence-corrected chi connectivity index (χ4v) is 0.348. The monoisotopic (exact) mass is 198 g/mol. The summed E-state index contributed by atoms with van der Waals surface area (Å²) < 4.78 is 0. The molecule has 0 aromatic carbocycles. The van der Waals surface area contributed by atoms with Gasteiger partial charge in [-0.2, -0.15) is 0 Å². The fraction of sp³-hybridized carbons (Fsp3) is 0.571. The predicted octanol–water partition coefficient (Wildman–Crippen LogP) is 2.17. The number of aliphatic imine (C=N–C) groups is 1. The lowest BCUT2D eigenvalue weighted by molar-refractivity contribution is 1.10. The average molecular weight is 199 g/mol.